The van der Waals surface area contributed by atoms with Crippen molar-refractivity contribution in [1.29, 1.82) is 5.26 Å². The Morgan fingerprint density at radius 1 is 1.05 bits per heavy atom. The molecule has 5 nitrogen and oxygen atoms in total. The fourth-order valence-electron chi connectivity index (χ4n) is 2.18. The zero-order chi connectivity index (χ0) is 15.5. The number of rotatable bonds is 2. The molecule has 0 saturated carbocycles. The molecule has 1 aliphatic heterocycles. The molecular formula is C17H14N4O. The number of fused-ring (bicyclic) bond motifs is 1. The maximum absolute atomic E-state index is 12.3. The second-order valence-electron chi connectivity index (χ2n) is 4.98. The summed E-state index contributed by atoms with van der Waals surface area (Å²) < 4.78 is 0. The Morgan fingerprint density at radius 2 is 1.64 bits per heavy atom. The van der Waals surface area contributed by atoms with Crippen molar-refractivity contribution in [1.82, 2.24) is 0 Å². The molecule has 0 radical (unpaired) electrons. The highest BCUT2D eigenvalue weighted by Gasteiger charge is 2.21. The number of hydrogen-bond acceptors (Lipinski definition) is 4. The number of benzene rings is 2. The minimum atomic E-state index is -0.450. The molecule has 1 amide bonds. The molecule has 1 heterocycles. The Labute approximate surface area is 128 Å². The second kappa shape index (κ2) is 5.62. The molecule has 3 N–H and O–H groups in total. The lowest BCUT2D eigenvalue weighted by molar-refractivity contribution is -0.112. The Hall–Kier alpha value is -3.26. The molecule has 22 heavy (non-hydrogen) atoms. The summed E-state index contributed by atoms with van der Waals surface area (Å²) in [5.41, 5.74) is 3.45. The molecule has 0 bridgehead atoms. The third-order valence-corrected chi connectivity index (χ3v) is 3.34. The van der Waals surface area contributed by atoms with Crippen LogP contribution in [-0.4, -0.2) is 5.91 Å². The van der Waals surface area contributed by atoms with Crippen LogP contribution in [0.2, 0.25) is 0 Å². The molecule has 0 spiro atoms. The number of amides is 1. The normalized spacial score (nSPS) is 11.7. The average Bonchev–Trinajstić information content (AvgIpc) is 2.94. The molecule has 3 rings (SSSR count). The molecule has 0 fully saturated rings. The highest BCUT2D eigenvalue weighted by molar-refractivity contribution is 6.08. The monoisotopic (exact) mass is 290 g/mol. The SMILES string of the molecule is Cc1ccc(NC(=O)C(C#N)=C2Nc3ccccc3N2)cc1. The van der Waals surface area contributed by atoms with Crippen LogP contribution in [-0.2, 0) is 4.79 Å². The van der Waals surface area contributed by atoms with Gasteiger partial charge in [-0.15, -0.1) is 0 Å². The summed E-state index contributed by atoms with van der Waals surface area (Å²) in [4.78, 5) is 12.3. The van der Waals surface area contributed by atoms with Crippen molar-refractivity contribution in [2.24, 2.45) is 0 Å². The maximum atomic E-state index is 12.3. The van der Waals surface area contributed by atoms with Crippen LogP contribution in [0, 0.1) is 18.3 Å². The van der Waals surface area contributed by atoms with Gasteiger partial charge in [0.15, 0.2) is 5.57 Å². The van der Waals surface area contributed by atoms with Crippen LogP contribution in [0.4, 0.5) is 17.1 Å². The van der Waals surface area contributed by atoms with Gasteiger partial charge in [0.1, 0.15) is 11.9 Å². The first-order valence-corrected chi connectivity index (χ1v) is 6.83. The Balaban J connectivity index is 1.83. The third-order valence-electron chi connectivity index (χ3n) is 3.34. The van der Waals surface area contributed by atoms with Crippen LogP contribution in [0.5, 0.6) is 0 Å². The van der Waals surface area contributed by atoms with E-state index < -0.39 is 5.91 Å². The minimum absolute atomic E-state index is 0.0109. The number of nitrogens with one attached hydrogen (secondary N) is 3. The average molecular weight is 290 g/mol. The summed E-state index contributed by atoms with van der Waals surface area (Å²) in [6.07, 6.45) is 0. The molecule has 2 aromatic rings. The van der Waals surface area contributed by atoms with E-state index in [1.165, 1.54) is 0 Å². The Bertz CT molecular complexity index is 773. The van der Waals surface area contributed by atoms with Gasteiger partial charge in [0.25, 0.3) is 5.91 Å². The second-order valence-corrected chi connectivity index (χ2v) is 4.98. The Kier molecular flexibility index (Phi) is 3.50. The van der Waals surface area contributed by atoms with Crippen molar-refractivity contribution in [3.8, 4) is 6.07 Å². The van der Waals surface area contributed by atoms with Gasteiger partial charge in [-0.05, 0) is 31.2 Å². The van der Waals surface area contributed by atoms with Gasteiger partial charge in [0.05, 0.1) is 11.4 Å². The van der Waals surface area contributed by atoms with E-state index in [0.717, 1.165) is 16.9 Å². The van der Waals surface area contributed by atoms with Crippen molar-refractivity contribution in [3.63, 3.8) is 0 Å². The first-order chi connectivity index (χ1) is 10.7. The molecule has 0 unspecified atom stereocenters. The number of anilines is 3. The topological polar surface area (TPSA) is 77.0 Å². The highest BCUT2D eigenvalue weighted by Crippen LogP contribution is 2.31. The van der Waals surface area contributed by atoms with Crippen LogP contribution in [0.25, 0.3) is 0 Å². The quantitative estimate of drug-likeness (QED) is 0.586. The summed E-state index contributed by atoms with van der Waals surface area (Å²) in [7, 11) is 0. The van der Waals surface area contributed by atoms with Crippen molar-refractivity contribution in [2.75, 3.05) is 16.0 Å². The van der Waals surface area contributed by atoms with E-state index in [1.54, 1.807) is 12.1 Å². The number of carbonyl (C=O) groups excluding carboxylic acids is 1. The molecular weight excluding hydrogens is 276 g/mol. The fourth-order valence-corrected chi connectivity index (χ4v) is 2.18. The number of aryl methyl sites for hydroxylation is 1. The first-order valence-electron chi connectivity index (χ1n) is 6.83. The first kappa shape index (κ1) is 13.7. The van der Waals surface area contributed by atoms with E-state index >= 15 is 0 Å². The fraction of sp³-hybridized carbons (Fsp3) is 0.0588. The highest BCUT2D eigenvalue weighted by atomic mass is 16.1. The van der Waals surface area contributed by atoms with Gasteiger partial charge in [-0.1, -0.05) is 29.8 Å². The zero-order valence-corrected chi connectivity index (χ0v) is 12.0. The predicted molar refractivity (Wildman–Crippen MR) is 86.1 cm³/mol. The summed E-state index contributed by atoms with van der Waals surface area (Å²) in [5.74, 6) is -0.0533. The lowest BCUT2D eigenvalue weighted by Crippen LogP contribution is -2.18. The molecule has 108 valence electrons. The molecule has 0 aromatic heterocycles. The molecule has 5 heteroatoms. The summed E-state index contributed by atoms with van der Waals surface area (Å²) in [5, 5.41) is 18.1. The van der Waals surface area contributed by atoms with E-state index in [4.69, 9.17) is 0 Å². The lowest BCUT2D eigenvalue weighted by Gasteiger charge is -2.07. The van der Waals surface area contributed by atoms with Crippen LogP contribution < -0.4 is 16.0 Å². The molecule has 1 aliphatic rings. The lowest BCUT2D eigenvalue weighted by atomic mass is 10.2. The van der Waals surface area contributed by atoms with Crippen LogP contribution >= 0.6 is 0 Å². The smallest absolute Gasteiger partial charge is 0.270 e. The number of nitriles is 1. The van der Waals surface area contributed by atoms with Crippen molar-refractivity contribution in [3.05, 3.63) is 65.5 Å². The van der Waals surface area contributed by atoms with Gasteiger partial charge >= 0.3 is 0 Å². The number of para-hydroxylation sites is 2. The van der Waals surface area contributed by atoms with Gasteiger partial charge in [-0.2, -0.15) is 5.26 Å². The summed E-state index contributed by atoms with van der Waals surface area (Å²) in [6.45, 7) is 1.97. The Morgan fingerprint density at radius 3 is 2.18 bits per heavy atom. The zero-order valence-electron chi connectivity index (χ0n) is 12.0. The van der Waals surface area contributed by atoms with Gasteiger partial charge in [-0.3, -0.25) is 4.79 Å². The van der Waals surface area contributed by atoms with Crippen molar-refractivity contribution in [2.45, 2.75) is 6.92 Å². The standard InChI is InChI=1S/C17H14N4O/c1-11-6-8-12(9-7-11)19-17(22)13(10-18)16-20-14-4-2-3-5-15(14)21-16/h2-9,20-21H,1H3,(H,19,22). The van der Waals surface area contributed by atoms with Crippen molar-refractivity contribution < 1.29 is 4.79 Å². The summed E-state index contributed by atoms with van der Waals surface area (Å²) >= 11 is 0. The van der Waals surface area contributed by atoms with E-state index in [9.17, 15) is 10.1 Å². The predicted octanol–water partition coefficient (Wildman–Crippen LogP) is 3.21. The largest absolute Gasteiger partial charge is 0.339 e. The van der Waals surface area contributed by atoms with Gasteiger partial charge in [0, 0.05) is 5.69 Å². The maximum Gasteiger partial charge on any atom is 0.270 e. The number of carbonyl (C=O) groups is 1. The third kappa shape index (κ3) is 2.63. The van der Waals surface area contributed by atoms with Gasteiger partial charge in [-0.25, -0.2) is 0 Å². The molecule has 0 saturated heterocycles. The minimum Gasteiger partial charge on any atom is -0.339 e. The van der Waals surface area contributed by atoms with Gasteiger partial charge in [0.2, 0.25) is 0 Å². The molecule has 2 aromatic carbocycles. The van der Waals surface area contributed by atoms with Crippen molar-refractivity contribution >= 4 is 23.0 Å². The van der Waals surface area contributed by atoms with E-state index in [2.05, 4.69) is 16.0 Å². The van der Waals surface area contributed by atoms with E-state index in [-0.39, 0.29) is 5.57 Å². The number of hydrogen-bond donors (Lipinski definition) is 3. The van der Waals surface area contributed by atoms with Crippen LogP contribution in [0.15, 0.2) is 59.9 Å². The van der Waals surface area contributed by atoms with E-state index in [0.29, 0.717) is 11.5 Å². The van der Waals surface area contributed by atoms with Gasteiger partial charge < -0.3 is 16.0 Å². The number of nitrogens with zero attached hydrogens (tertiary/aromatic N) is 1. The van der Waals surface area contributed by atoms with Crippen LogP contribution in [0.3, 0.4) is 0 Å². The molecule has 0 aliphatic carbocycles. The molecule has 0 atom stereocenters. The summed E-state index contributed by atoms with van der Waals surface area (Å²) in [6, 6.07) is 16.9. The van der Waals surface area contributed by atoms with Crippen LogP contribution in [0.1, 0.15) is 5.56 Å². The van der Waals surface area contributed by atoms with E-state index in [1.807, 2.05) is 49.4 Å².